The highest BCUT2D eigenvalue weighted by Crippen LogP contribution is 2.65. The molecule has 0 bridgehead atoms. The van der Waals surface area contributed by atoms with E-state index in [1.807, 2.05) is 10.9 Å². The third kappa shape index (κ3) is 3.32. The molecule has 5 rings (SSSR count). The Kier molecular flexibility index (Phi) is 5.05. The van der Waals surface area contributed by atoms with E-state index in [1.54, 1.807) is 6.20 Å². The van der Waals surface area contributed by atoms with Gasteiger partial charge in [0.15, 0.2) is 0 Å². The molecular weight excluding hydrogens is 370 g/mol. The van der Waals surface area contributed by atoms with Gasteiger partial charge in [-0.2, -0.15) is 10.4 Å². The van der Waals surface area contributed by atoms with Crippen LogP contribution in [0.5, 0.6) is 0 Å². The molecule has 0 radical (unpaired) electrons. The smallest absolute Gasteiger partial charge is 0.102 e. The SMILES string of the molecule is C[C@@H](Cn1cc(C#N)cn1)C1CC[C@H]2[C@@H]3CC[C@@H]4C[C@](C)(O)CC[C@@H]4[C@H]3CC[C@]12C. The summed E-state index contributed by atoms with van der Waals surface area (Å²) in [5.41, 5.74) is 0.725. The first-order chi connectivity index (χ1) is 14.3. The van der Waals surface area contributed by atoms with Crippen molar-refractivity contribution in [3.63, 3.8) is 0 Å². The Morgan fingerprint density at radius 2 is 1.93 bits per heavy atom. The molecule has 30 heavy (non-hydrogen) atoms. The van der Waals surface area contributed by atoms with Crippen LogP contribution in [0.2, 0.25) is 0 Å². The molecule has 0 saturated heterocycles. The van der Waals surface area contributed by atoms with E-state index in [0.717, 1.165) is 54.9 Å². The van der Waals surface area contributed by atoms with Gasteiger partial charge in [0.1, 0.15) is 6.07 Å². The Balaban J connectivity index is 1.30. The van der Waals surface area contributed by atoms with Crippen molar-refractivity contribution < 1.29 is 5.11 Å². The number of aliphatic hydroxyl groups is 1. The highest BCUT2D eigenvalue weighted by Gasteiger charge is 2.58. The van der Waals surface area contributed by atoms with Gasteiger partial charge in [-0.15, -0.1) is 0 Å². The van der Waals surface area contributed by atoms with Gasteiger partial charge in [-0.3, -0.25) is 4.68 Å². The zero-order valence-corrected chi connectivity index (χ0v) is 19.1. The fraction of sp³-hybridized carbons (Fsp3) is 0.846. The summed E-state index contributed by atoms with van der Waals surface area (Å²) < 4.78 is 1.99. The summed E-state index contributed by atoms with van der Waals surface area (Å²) in [5, 5.41) is 24.1. The van der Waals surface area contributed by atoms with Crippen LogP contribution in [0.3, 0.4) is 0 Å². The molecule has 164 valence electrons. The van der Waals surface area contributed by atoms with Crippen molar-refractivity contribution in [2.45, 2.75) is 90.7 Å². The summed E-state index contributed by atoms with van der Waals surface area (Å²) in [4.78, 5) is 0. The molecule has 0 amide bonds. The van der Waals surface area contributed by atoms with E-state index >= 15 is 0 Å². The Hall–Kier alpha value is -1.34. The van der Waals surface area contributed by atoms with Crippen LogP contribution in [0.25, 0.3) is 0 Å². The van der Waals surface area contributed by atoms with Crippen LogP contribution >= 0.6 is 0 Å². The number of fused-ring (bicyclic) bond motifs is 5. The normalized spacial score (nSPS) is 46.4. The van der Waals surface area contributed by atoms with E-state index in [9.17, 15) is 5.11 Å². The Morgan fingerprint density at radius 3 is 2.70 bits per heavy atom. The number of hydrogen-bond donors (Lipinski definition) is 1. The molecule has 1 aromatic rings. The Bertz CT molecular complexity index is 822. The molecule has 1 aromatic heterocycles. The molecular formula is C26H39N3O. The van der Waals surface area contributed by atoms with Gasteiger partial charge in [0.25, 0.3) is 0 Å². The number of nitrogens with zero attached hydrogens (tertiary/aromatic N) is 3. The maximum Gasteiger partial charge on any atom is 0.102 e. The van der Waals surface area contributed by atoms with Crippen molar-refractivity contribution in [1.29, 1.82) is 5.26 Å². The summed E-state index contributed by atoms with van der Waals surface area (Å²) in [6.07, 6.45) is 15.2. The highest BCUT2D eigenvalue weighted by molar-refractivity contribution is 5.21. The molecule has 4 nitrogen and oxygen atoms in total. The number of rotatable bonds is 3. The van der Waals surface area contributed by atoms with Crippen LogP contribution in [0.1, 0.15) is 84.1 Å². The Labute approximate surface area is 182 Å². The summed E-state index contributed by atoms with van der Waals surface area (Å²) in [6.45, 7) is 8.03. The molecule has 1 unspecified atom stereocenters. The molecule has 0 aromatic carbocycles. The minimum atomic E-state index is -0.414. The van der Waals surface area contributed by atoms with Crippen molar-refractivity contribution in [3.05, 3.63) is 18.0 Å². The summed E-state index contributed by atoms with van der Waals surface area (Å²) in [5.74, 6) is 5.73. The first-order valence-electron chi connectivity index (χ1n) is 12.5. The second-order valence-electron chi connectivity index (χ2n) is 11.9. The predicted molar refractivity (Wildman–Crippen MR) is 117 cm³/mol. The van der Waals surface area contributed by atoms with Crippen LogP contribution < -0.4 is 0 Å². The van der Waals surface area contributed by atoms with Crippen molar-refractivity contribution >= 4 is 0 Å². The van der Waals surface area contributed by atoms with Gasteiger partial charge in [0.05, 0.1) is 17.4 Å². The molecule has 4 aliphatic rings. The third-order valence-corrected chi connectivity index (χ3v) is 10.2. The first-order valence-corrected chi connectivity index (χ1v) is 12.5. The largest absolute Gasteiger partial charge is 0.390 e. The average molecular weight is 410 g/mol. The van der Waals surface area contributed by atoms with Crippen LogP contribution in [-0.4, -0.2) is 20.5 Å². The van der Waals surface area contributed by atoms with Crippen molar-refractivity contribution in [2.75, 3.05) is 0 Å². The van der Waals surface area contributed by atoms with Crippen LogP contribution in [0.15, 0.2) is 12.4 Å². The lowest BCUT2D eigenvalue weighted by Gasteiger charge is -2.57. The summed E-state index contributed by atoms with van der Waals surface area (Å²) in [6, 6.07) is 2.20. The maximum atomic E-state index is 10.6. The first kappa shape index (κ1) is 20.6. The van der Waals surface area contributed by atoms with Crippen LogP contribution in [0.4, 0.5) is 0 Å². The number of aromatic nitrogens is 2. The zero-order valence-electron chi connectivity index (χ0n) is 19.1. The molecule has 4 aliphatic carbocycles. The quantitative estimate of drug-likeness (QED) is 0.726. The zero-order chi connectivity index (χ0) is 21.1. The minimum absolute atomic E-state index is 0.414. The lowest BCUT2D eigenvalue weighted by molar-refractivity contribution is -0.103. The van der Waals surface area contributed by atoms with Crippen LogP contribution in [-0.2, 0) is 6.54 Å². The third-order valence-electron chi connectivity index (χ3n) is 10.2. The average Bonchev–Trinajstić information content (AvgIpc) is 3.30. The lowest BCUT2D eigenvalue weighted by atomic mass is 9.48. The lowest BCUT2D eigenvalue weighted by Crippen LogP contribution is -2.51. The van der Waals surface area contributed by atoms with Gasteiger partial charge in [-0.05, 0) is 112 Å². The van der Waals surface area contributed by atoms with E-state index in [1.165, 1.54) is 44.9 Å². The second kappa shape index (κ2) is 7.37. The molecule has 1 N–H and O–H groups in total. The Morgan fingerprint density at radius 1 is 1.13 bits per heavy atom. The van der Waals surface area contributed by atoms with E-state index < -0.39 is 5.60 Å². The molecule has 4 saturated carbocycles. The standard InChI is InChI=1S/C26H39N3O/c1-17(15-29-16-18(13-27)14-28-29)23-6-7-24-22-5-4-19-12-25(2,30)10-8-20(19)21(22)9-11-26(23,24)3/h14,16-17,19-24,30H,4-12,15H2,1-3H3/t17-,19+,20-,21+,22+,23?,24-,25+,26+/m0/s1. The van der Waals surface area contributed by atoms with Gasteiger partial charge < -0.3 is 5.11 Å². The minimum Gasteiger partial charge on any atom is -0.390 e. The predicted octanol–water partition coefficient (Wildman–Crippen LogP) is 5.41. The molecule has 0 spiro atoms. The molecule has 1 heterocycles. The highest BCUT2D eigenvalue weighted by atomic mass is 16.3. The van der Waals surface area contributed by atoms with Gasteiger partial charge >= 0.3 is 0 Å². The van der Waals surface area contributed by atoms with E-state index in [2.05, 4.69) is 31.9 Å². The van der Waals surface area contributed by atoms with E-state index in [4.69, 9.17) is 5.26 Å². The topological polar surface area (TPSA) is 61.8 Å². The molecule has 4 heteroatoms. The maximum absolute atomic E-state index is 10.6. The van der Waals surface area contributed by atoms with Crippen LogP contribution in [0, 0.1) is 58.2 Å². The molecule has 9 atom stereocenters. The van der Waals surface area contributed by atoms with Crippen molar-refractivity contribution in [1.82, 2.24) is 9.78 Å². The van der Waals surface area contributed by atoms with Gasteiger partial charge in [-0.1, -0.05) is 13.8 Å². The monoisotopic (exact) mass is 409 g/mol. The molecule has 4 fully saturated rings. The van der Waals surface area contributed by atoms with Gasteiger partial charge in [0.2, 0.25) is 0 Å². The molecule has 0 aliphatic heterocycles. The number of nitriles is 1. The fourth-order valence-electron chi connectivity index (χ4n) is 9.00. The number of hydrogen-bond acceptors (Lipinski definition) is 3. The summed E-state index contributed by atoms with van der Waals surface area (Å²) >= 11 is 0. The van der Waals surface area contributed by atoms with Crippen molar-refractivity contribution in [2.24, 2.45) is 46.8 Å². The van der Waals surface area contributed by atoms with Gasteiger partial charge in [0, 0.05) is 12.7 Å². The van der Waals surface area contributed by atoms with Crippen molar-refractivity contribution in [3.8, 4) is 6.07 Å². The van der Waals surface area contributed by atoms with Gasteiger partial charge in [-0.25, -0.2) is 0 Å². The van der Waals surface area contributed by atoms with E-state index in [-0.39, 0.29) is 0 Å². The second-order valence-corrected chi connectivity index (χ2v) is 11.9. The summed E-state index contributed by atoms with van der Waals surface area (Å²) in [7, 11) is 0. The fourth-order valence-corrected chi connectivity index (χ4v) is 9.00. The van der Waals surface area contributed by atoms with E-state index in [0.29, 0.717) is 16.9 Å².